The number of hydrogen-bond acceptors (Lipinski definition) is 2. The number of rotatable bonds is 3. The monoisotopic (exact) mass is 444 g/mol. The van der Waals surface area contributed by atoms with Gasteiger partial charge in [0.25, 0.3) is 0 Å². The number of allylic oxidation sites excluding steroid dienone is 6. The molecule has 0 spiro atoms. The number of nitrogens with one attached hydrogen (secondary N) is 2. The Kier molecular flexibility index (Phi) is 9.86. The third kappa shape index (κ3) is 8.93. The first kappa shape index (κ1) is 25.9. The van der Waals surface area contributed by atoms with E-state index in [0.29, 0.717) is 0 Å². The van der Waals surface area contributed by atoms with E-state index in [2.05, 4.69) is 60.9 Å². The van der Waals surface area contributed by atoms with Crippen LogP contribution in [-0.2, 0) is 9.59 Å². The van der Waals surface area contributed by atoms with Crippen LogP contribution >= 0.6 is 0 Å². The molecule has 0 radical (unpaired) electrons. The molecule has 0 aromatic heterocycles. The van der Waals surface area contributed by atoms with E-state index in [1.54, 1.807) is 12.2 Å². The van der Waals surface area contributed by atoms with Crippen LogP contribution in [0.25, 0.3) is 12.2 Å². The fourth-order valence-corrected chi connectivity index (χ4v) is 3.79. The van der Waals surface area contributed by atoms with Crippen molar-refractivity contribution in [3.05, 3.63) is 94.6 Å². The first-order valence-corrected chi connectivity index (χ1v) is 11.4. The van der Waals surface area contributed by atoms with Crippen molar-refractivity contribution in [2.75, 3.05) is 0 Å². The van der Waals surface area contributed by atoms with Gasteiger partial charge in [0.1, 0.15) is 0 Å². The van der Waals surface area contributed by atoms with Crippen LogP contribution in [0.3, 0.4) is 0 Å². The standard InChI is InChI=1S/C29H36N2O2/c1-20-10-9-13-28(33)31-29(23(4)19-24(5)30-25(6)32)22(3)16-14-21(2)18-27-12-8-7-11-26(27)17-15-20/h7-19,22,24,29H,1-6H3,(H,30,32)(H,31,33)/t22-,24-,29-/m1/s1. The second-order valence-corrected chi connectivity index (χ2v) is 8.72. The van der Waals surface area contributed by atoms with Crippen molar-refractivity contribution in [2.24, 2.45) is 5.92 Å². The highest BCUT2D eigenvalue weighted by molar-refractivity contribution is 5.88. The van der Waals surface area contributed by atoms with Gasteiger partial charge in [-0.05, 0) is 44.7 Å². The van der Waals surface area contributed by atoms with Gasteiger partial charge in [0.15, 0.2) is 0 Å². The maximum absolute atomic E-state index is 12.7. The lowest BCUT2D eigenvalue weighted by atomic mass is 9.92. The summed E-state index contributed by atoms with van der Waals surface area (Å²) in [6.07, 6.45) is 17.8. The minimum atomic E-state index is -0.201. The van der Waals surface area contributed by atoms with Gasteiger partial charge in [0.05, 0.1) is 6.04 Å². The van der Waals surface area contributed by atoms with E-state index in [1.165, 1.54) is 6.92 Å². The average Bonchev–Trinajstić information content (AvgIpc) is 2.74. The molecule has 1 heterocycles. The first-order valence-electron chi connectivity index (χ1n) is 11.4. The Labute approximate surface area is 198 Å². The normalized spacial score (nSPS) is 20.9. The molecule has 1 aliphatic rings. The zero-order valence-electron chi connectivity index (χ0n) is 20.6. The second kappa shape index (κ2) is 12.6. The molecule has 0 unspecified atom stereocenters. The predicted molar refractivity (Wildman–Crippen MR) is 139 cm³/mol. The molecular formula is C29H36N2O2. The van der Waals surface area contributed by atoms with E-state index >= 15 is 0 Å². The Morgan fingerprint density at radius 2 is 1.73 bits per heavy atom. The molecule has 4 nitrogen and oxygen atoms in total. The number of fused-ring (bicyclic) bond motifs is 1. The van der Waals surface area contributed by atoms with Crippen LogP contribution in [0.5, 0.6) is 0 Å². The van der Waals surface area contributed by atoms with E-state index in [9.17, 15) is 9.59 Å². The molecule has 2 rings (SSSR count). The van der Waals surface area contributed by atoms with Crippen LogP contribution in [-0.4, -0.2) is 23.9 Å². The molecule has 2 amide bonds. The maximum atomic E-state index is 12.7. The molecule has 3 atom stereocenters. The molecule has 2 N–H and O–H groups in total. The van der Waals surface area contributed by atoms with Gasteiger partial charge in [-0.1, -0.05) is 96.5 Å². The van der Waals surface area contributed by atoms with Gasteiger partial charge in [0.2, 0.25) is 11.8 Å². The molecule has 0 saturated heterocycles. The van der Waals surface area contributed by atoms with Gasteiger partial charge in [-0.15, -0.1) is 0 Å². The summed E-state index contributed by atoms with van der Waals surface area (Å²) in [4.78, 5) is 24.1. The lowest BCUT2D eigenvalue weighted by molar-refractivity contribution is -0.119. The van der Waals surface area contributed by atoms with Crippen LogP contribution in [0.4, 0.5) is 0 Å². The molecular weight excluding hydrogens is 408 g/mol. The number of benzene rings is 1. The Hall–Kier alpha value is -3.40. The number of carbonyl (C=O) groups excluding carboxylic acids is 2. The van der Waals surface area contributed by atoms with Gasteiger partial charge < -0.3 is 10.6 Å². The fourth-order valence-electron chi connectivity index (χ4n) is 3.79. The van der Waals surface area contributed by atoms with Crippen molar-refractivity contribution < 1.29 is 9.59 Å². The molecule has 4 heteroatoms. The summed E-state index contributed by atoms with van der Waals surface area (Å²) in [5.41, 5.74) is 5.47. The van der Waals surface area contributed by atoms with Crippen LogP contribution in [0.1, 0.15) is 52.7 Å². The Balaban J connectivity index is 2.46. The quantitative estimate of drug-likeness (QED) is 0.582. The van der Waals surface area contributed by atoms with Crippen molar-refractivity contribution >= 4 is 24.0 Å². The number of carbonyl (C=O) groups is 2. The highest BCUT2D eigenvalue weighted by Crippen LogP contribution is 2.19. The summed E-state index contributed by atoms with van der Waals surface area (Å²) in [7, 11) is 0. The highest BCUT2D eigenvalue weighted by atomic mass is 16.2. The first-order chi connectivity index (χ1) is 15.7. The van der Waals surface area contributed by atoms with Crippen LogP contribution in [0.15, 0.2) is 83.5 Å². The smallest absolute Gasteiger partial charge is 0.244 e. The zero-order chi connectivity index (χ0) is 24.4. The van der Waals surface area contributed by atoms with Crippen LogP contribution in [0, 0.1) is 5.92 Å². The largest absolute Gasteiger partial charge is 0.350 e. The van der Waals surface area contributed by atoms with Crippen molar-refractivity contribution in [1.29, 1.82) is 0 Å². The molecule has 1 aromatic carbocycles. The topological polar surface area (TPSA) is 58.2 Å². The molecule has 1 aromatic rings. The summed E-state index contributed by atoms with van der Waals surface area (Å²) in [5, 5.41) is 6.00. The van der Waals surface area contributed by atoms with Gasteiger partial charge >= 0.3 is 0 Å². The Bertz CT molecular complexity index is 1040. The van der Waals surface area contributed by atoms with Gasteiger partial charge in [-0.2, -0.15) is 0 Å². The van der Waals surface area contributed by atoms with Gasteiger partial charge in [-0.3, -0.25) is 9.59 Å². The predicted octanol–water partition coefficient (Wildman–Crippen LogP) is 5.77. The number of hydrogen-bond donors (Lipinski definition) is 2. The molecule has 0 fully saturated rings. The zero-order valence-corrected chi connectivity index (χ0v) is 20.6. The van der Waals surface area contributed by atoms with Crippen LogP contribution in [0.2, 0.25) is 0 Å². The van der Waals surface area contributed by atoms with Crippen molar-refractivity contribution in [1.82, 2.24) is 10.6 Å². The maximum Gasteiger partial charge on any atom is 0.244 e. The van der Waals surface area contributed by atoms with Gasteiger partial charge in [0, 0.05) is 19.0 Å². The Morgan fingerprint density at radius 1 is 1.03 bits per heavy atom. The van der Waals surface area contributed by atoms with E-state index < -0.39 is 0 Å². The van der Waals surface area contributed by atoms with Crippen LogP contribution < -0.4 is 10.6 Å². The molecule has 0 bridgehead atoms. The minimum absolute atomic E-state index is 0.0480. The molecule has 1 aliphatic heterocycles. The molecule has 33 heavy (non-hydrogen) atoms. The second-order valence-electron chi connectivity index (χ2n) is 8.72. The number of amides is 2. The van der Waals surface area contributed by atoms with E-state index in [4.69, 9.17) is 0 Å². The SMILES string of the molecule is CC(=O)N[C@H](C)C=C(C)[C@@H]1NC(=O)C=CC=C(C)C=Cc2ccccc2C=C(C)C=C[C@H]1C. The molecule has 0 aliphatic carbocycles. The highest BCUT2D eigenvalue weighted by Gasteiger charge is 2.19. The third-order valence-corrected chi connectivity index (χ3v) is 5.43. The lowest BCUT2D eigenvalue weighted by Gasteiger charge is -2.25. The summed E-state index contributed by atoms with van der Waals surface area (Å²) >= 11 is 0. The van der Waals surface area contributed by atoms with E-state index in [-0.39, 0.29) is 29.8 Å². The van der Waals surface area contributed by atoms with E-state index in [1.807, 2.05) is 51.1 Å². The molecule has 174 valence electrons. The van der Waals surface area contributed by atoms with Crippen molar-refractivity contribution in [3.63, 3.8) is 0 Å². The van der Waals surface area contributed by atoms with Crippen molar-refractivity contribution in [3.8, 4) is 0 Å². The lowest BCUT2D eigenvalue weighted by Crippen LogP contribution is -2.40. The third-order valence-electron chi connectivity index (χ3n) is 5.43. The van der Waals surface area contributed by atoms with Crippen molar-refractivity contribution in [2.45, 2.75) is 53.6 Å². The van der Waals surface area contributed by atoms with Gasteiger partial charge in [-0.25, -0.2) is 0 Å². The molecule has 0 saturated carbocycles. The summed E-state index contributed by atoms with van der Waals surface area (Å²) in [5.74, 6) is -0.189. The minimum Gasteiger partial charge on any atom is -0.350 e. The fraction of sp³-hybridized carbons (Fsp3) is 0.310. The summed E-state index contributed by atoms with van der Waals surface area (Å²) < 4.78 is 0. The summed E-state index contributed by atoms with van der Waals surface area (Å²) in [6.45, 7) is 11.6. The Morgan fingerprint density at radius 3 is 2.42 bits per heavy atom. The van der Waals surface area contributed by atoms with E-state index in [0.717, 1.165) is 27.8 Å². The average molecular weight is 445 g/mol. The summed E-state index contributed by atoms with van der Waals surface area (Å²) in [6, 6.07) is 7.97.